The molecule has 0 aliphatic carbocycles. The molecule has 1 aromatic carbocycles. The topological polar surface area (TPSA) is 39.1 Å². The number of rotatable bonds is 6. The summed E-state index contributed by atoms with van der Waals surface area (Å²) in [7, 11) is 1.69. The number of hydrogen-bond donors (Lipinski definition) is 1. The van der Waals surface area contributed by atoms with Gasteiger partial charge in [0.05, 0.1) is 13.3 Å². The van der Waals surface area contributed by atoms with Crippen LogP contribution in [0.25, 0.3) is 5.69 Å². The van der Waals surface area contributed by atoms with Gasteiger partial charge in [-0.05, 0) is 44.5 Å². The van der Waals surface area contributed by atoms with Gasteiger partial charge in [0, 0.05) is 17.8 Å². The third-order valence-electron chi connectivity index (χ3n) is 3.42. The van der Waals surface area contributed by atoms with Crippen LogP contribution in [0.15, 0.2) is 24.4 Å². The van der Waals surface area contributed by atoms with Gasteiger partial charge in [-0.1, -0.05) is 13.0 Å². The maximum absolute atomic E-state index is 5.44. The Morgan fingerprint density at radius 1 is 1.30 bits per heavy atom. The highest BCUT2D eigenvalue weighted by atomic mass is 16.5. The van der Waals surface area contributed by atoms with Crippen LogP contribution in [-0.4, -0.2) is 23.4 Å². The zero-order chi connectivity index (χ0) is 14.5. The third-order valence-corrected chi connectivity index (χ3v) is 3.42. The Morgan fingerprint density at radius 3 is 2.80 bits per heavy atom. The fraction of sp³-hybridized carbons (Fsp3) is 0.438. The lowest BCUT2D eigenvalue weighted by atomic mass is 10.2. The average molecular weight is 273 g/mol. The minimum atomic E-state index is 0.842. The van der Waals surface area contributed by atoms with E-state index < -0.39 is 0 Å². The third kappa shape index (κ3) is 3.02. The largest absolute Gasteiger partial charge is 0.494 e. The Hall–Kier alpha value is -1.81. The predicted molar refractivity (Wildman–Crippen MR) is 81.6 cm³/mol. The smallest absolute Gasteiger partial charge is 0.144 e. The van der Waals surface area contributed by atoms with Gasteiger partial charge in [-0.15, -0.1) is 0 Å². The van der Waals surface area contributed by atoms with Gasteiger partial charge in [0.1, 0.15) is 11.4 Å². The van der Waals surface area contributed by atoms with Crippen molar-refractivity contribution in [3.8, 4) is 11.4 Å². The molecule has 4 nitrogen and oxygen atoms in total. The molecule has 0 amide bonds. The van der Waals surface area contributed by atoms with E-state index in [1.165, 1.54) is 11.1 Å². The molecule has 1 aromatic heterocycles. The van der Waals surface area contributed by atoms with Gasteiger partial charge >= 0.3 is 0 Å². The molecule has 2 rings (SSSR count). The number of ether oxygens (including phenoxy) is 1. The second-order valence-electron chi connectivity index (χ2n) is 5.02. The molecule has 0 saturated heterocycles. The Bertz CT molecular complexity index is 575. The van der Waals surface area contributed by atoms with Crippen molar-refractivity contribution >= 4 is 0 Å². The van der Waals surface area contributed by atoms with Crippen molar-refractivity contribution in [2.75, 3.05) is 13.7 Å². The van der Waals surface area contributed by atoms with E-state index >= 15 is 0 Å². The van der Waals surface area contributed by atoms with E-state index in [0.29, 0.717) is 0 Å². The molecule has 0 saturated carbocycles. The lowest BCUT2D eigenvalue weighted by Gasteiger charge is -2.11. The molecule has 0 unspecified atom stereocenters. The highest BCUT2D eigenvalue weighted by Gasteiger charge is 2.12. The number of aromatic nitrogens is 2. The van der Waals surface area contributed by atoms with Crippen molar-refractivity contribution in [2.45, 2.75) is 33.7 Å². The van der Waals surface area contributed by atoms with E-state index in [1.807, 2.05) is 23.0 Å². The summed E-state index contributed by atoms with van der Waals surface area (Å²) in [5.74, 6) is 0.842. The van der Waals surface area contributed by atoms with Crippen LogP contribution in [0.1, 0.15) is 30.2 Å². The summed E-state index contributed by atoms with van der Waals surface area (Å²) in [4.78, 5) is 0. The first-order chi connectivity index (χ1) is 9.67. The van der Waals surface area contributed by atoms with E-state index in [1.54, 1.807) is 7.11 Å². The molecule has 4 heteroatoms. The Balaban J connectivity index is 2.31. The van der Waals surface area contributed by atoms with Gasteiger partial charge in [0.15, 0.2) is 0 Å². The lowest BCUT2D eigenvalue weighted by Crippen LogP contribution is -2.14. The molecule has 1 heterocycles. The van der Waals surface area contributed by atoms with Gasteiger partial charge in [0.25, 0.3) is 0 Å². The maximum atomic E-state index is 5.44. The number of benzene rings is 1. The SMILES string of the molecule is CCCNCc1cnn(-c2cc(C)ccc2OC)c1C. The summed E-state index contributed by atoms with van der Waals surface area (Å²) >= 11 is 0. The van der Waals surface area contributed by atoms with E-state index in [-0.39, 0.29) is 0 Å². The fourth-order valence-electron chi connectivity index (χ4n) is 2.23. The van der Waals surface area contributed by atoms with Crippen LogP contribution in [0.5, 0.6) is 5.75 Å². The summed E-state index contributed by atoms with van der Waals surface area (Å²) in [5.41, 5.74) is 4.56. The number of nitrogens with zero attached hydrogens (tertiary/aromatic N) is 2. The summed E-state index contributed by atoms with van der Waals surface area (Å²) in [6.07, 6.45) is 3.07. The number of aryl methyl sites for hydroxylation is 1. The number of methoxy groups -OCH3 is 1. The highest BCUT2D eigenvalue weighted by molar-refractivity contribution is 5.49. The summed E-state index contributed by atoms with van der Waals surface area (Å²) in [6.45, 7) is 8.22. The first-order valence-electron chi connectivity index (χ1n) is 7.06. The molecule has 1 N–H and O–H groups in total. The fourth-order valence-corrected chi connectivity index (χ4v) is 2.23. The Kier molecular flexibility index (Phi) is 4.79. The second kappa shape index (κ2) is 6.57. The molecular formula is C16H23N3O. The second-order valence-corrected chi connectivity index (χ2v) is 5.02. The van der Waals surface area contributed by atoms with E-state index in [9.17, 15) is 0 Å². The summed E-state index contributed by atoms with van der Waals surface area (Å²) in [6, 6.07) is 6.13. The van der Waals surface area contributed by atoms with Crippen molar-refractivity contribution in [3.63, 3.8) is 0 Å². The quantitative estimate of drug-likeness (QED) is 0.822. The minimum absolute atomic E-state index is 0.842. The van der Waals surface area contributed by atoms with Gasteiger partial charge in [-0.2, -0.15) is 5.10 Å². The molecule has 0 aliphatic heterocycles. The molecule has 0 spiro atoms. The van der Waals surface area contributed by atoms with Gasteiger partial charge in [-0.25, -0.2) is 4.68 Å². The number of nitrogens with one attached hydrogen (secondary N) is 1. The molecule has 20 heavy (non-hydrogen) atoms. The van der Waals surface area contributed by atoms with Gasteiger partial charge in [0.2, 0.25) is 0 Å². The van der Waals surface area contributed by atoms with Crippen molar-refractivity contribution in [2.24, 2.45) is 0 Å². The molecule has 0 bridgehead atoms. The first-order valence-corrected chi connectivity index (χ1v) is 7.06. The zero-order valence-electron chi connectivity index (χ0n) is 12.7. The van der Waals surface area contributed by atoms with Crippen LogP contribution in [-0.2, 0) is 6.54 Å². The van der Waals surface area contributed by atoms with Crippen molar-refractivity contribution in [1.82, 2.24) is 15.1 Å². The number of hydrogen-bond acceptors (Lipinski definition) is 3. The van der Waals surface area contributed by atoms with Crippen molar-refractivity contribution in [1.29, 1.82) is 0 Å². The molecule has 2 aromatic rings. The minimum Gasteiger partial charge on any atom is -0.494 e. The molecule has 0 atom stereocenters. The standard InChI is InChI=1S/C16H23N3O/c1-5-8-17-10-14-11-18-19(13(14)3)15-9-12(2)6-7-16(15)20-4/h6-7,9,11,17H,5,8,10H2,1-4H3. The Labute approximate surface area is 120 Å². The first kappa shape index (κ1) is 14.6. The zero-order valence-corrected chi connectivity index (χ0v) is 12.7. The lowest BCUT2D eigenvalue weighted by molar-refractivity contribution is 0.411. The van der Waals surface area contributed by atoms with Crippen LogP contribution in [0.4, 0.5) is 0 Å². The van der Waals surface area contributed by atoms with Gasteiger partial charge < -0.3 is 10.1 Å². The van der Waals surface area contributed by atoms with E-state index in [4.69, 9.17) is 4.74 Å². The Morgan fingerprint density at radius 2 is 2.10 bits per heavy atom. The molecule has 108 valence electrons. The highest BCUT2D eigenvalue weighted by Crippen LogP contribution is 2.25. The van der Waals surface area contributed by atoms with Crippen molar-refractivity contribution in [3.05, 3.63) is 41.2 Å². The summed E-state index contributed by atoms with van der Waals surface area (Å²) < 4.78 is 7.39. The van der Waals surface area contributed by atoms with E-state index in [2.05, 4.69) is 37.3 Å². The normalized spacial score (nSPS) is 10.8. The van der Waals surface area contributed by atoms with Crippen LogP contribution >= 0.6 is 0 Å². The van der Waals surface area contributed by atoms with Crippen LogP contribution in [0.3, 0.4) is 0 Å². The van der Waals surface area contributed by atoms with Crippen LogP contribution in [0, 0.1) is 13.8 Å². The van der Waals surface area contributed by atoms with Crippen molar-refractivity contribution < 1.29 is 4.74 Å². The molecule has 0 fully saturated rings. The van der Waals surface area contributed by atoms with E-state index in [0.717, 1.165) is 36.6 Å². The molecule has 0 radical (unpaired) electrons. The average Bonchev–Trinajstić information content (AvgIpc) is 2.80. The summed E-state index contributed by atoms with van der Waals surface area (Å²) in [5, 5.41) is 7.92. The molecule has 0 aliphatic rings. The van der Waals surface area contributed by atoms with Gasteiger partial charge in [-0.3, -0.25) is 0 Å². The maximum Gasteiger partial charge on any atom is 0.144 e. The monoisotopic (exact) mass is 273 g/mol. The molecular weight excluding hydrogens is 250 g/mol. The predicted octanol–water partition coefficient (Wildman–Crippen LogP) is 3.00. The van der Waals surface area contributed by atoms with Crippen LogP contribution in [0.2, 0.25) is 0 Å². The van der Waals surface area contributed by atoms with Crippen LogP contribution < -0.4 is 10.1 Å².